The second-order valence-corrected chi connectivity index (χ2v) is 3.95. The van der Waals surface area contributed by atoms with Crippen LogP contribution in [0.2, 0.25) is 0 Å². The highest BCUT2D eigenvalue weighted by Crippen LogP contribution is 2.14. The maximum atomic E-state index is 11.2. The fourth-order valence-electron chi connectivity index (χ4n) is 1.18. The van der Waals surface area contributed by atoms with Crippen molar-refractivity contribution in [3.63, 3.8) is 0 Å². The Labute approximate surface area is 96.8 Å². The molecule has 0 amide bonds. The van der Waals surface area contributed by atoms with Gasteiger partial charge in [-0.15, -0.1) is 0 Å². The highest BCUT2D eigenvalue weighted by atomic mass is 79.9. The summed E-state index contributed by atoms with van der Waals surface area (Å²) in [5.74, 6) is -1.21. The molecule has 0 heterocycles. The third kappa shape index (κ3) is 3.37. The first-order valence-electron chi connectivity index (χ1n) is 4.39. The van der Waals surface area contributed by atoms with Gasteiger partial charge in [0.1, 0.15) is 5.92 Å². The Bertz CT molecular complexity index is 381. The minimum absolute atomic E-state index is 0.385. The summed E-state index contributed by atoms with van der Waals surface area (Å²) in [5.41, 5.74) is 0.940. The quantitative estimate of drug-likeness (QED) is 0.790. The van der Waals surface area contributed by atoms with Gasteiger partial charge >= 0.3 is 5.97 Å². The van der Waals surface area contributed by atoms with Gasteiger partial charge in [0.2, 0.25) is 0 Å². The van der Waals surface area contributed by atoms with E-state index in [1.165, 1.54) is 7.11 Å². The van der Waals surface area contributed by atoms with Crippen LogP contribution in [-0.4, -0.2) is 13.1 Å². The van der Waals surface area contributed by atoms with Gasteiger partial charge in [-0.2, -0.15) is 5.26 Å². The van der Waals surface area contributed by atoms with E-state index in [-0.39, 0.29) is 0 Å². The second kappa shape index (κ2) is 5.52. The molecule has 3 nitrogen and oxygen atoms in total. The molecular formula is C11H10BrNO2. The van der Waals surface area contributed by atoms with Crippen molar-refractivity contribution < 1.29 is 9.53 Å². The molecule has 0 N–H and O–H groups in total. The highest BCUT2D eigenvalue weighted by molar-refractivity contribution is 9.10. The van der Waals surface area contributed by atoms with Crippen LogP contribution < -0.4 is 0 Å². The number of hydrogen-bond acceptors (Lipinski definition) is 3. The number of nitrogens with zero attached hydrogens (tertiary/aromatic N) is 1. The molecule has 0 spiro atoms. The SMILES string of the molecule is COC(=O)C(C#N)Cc1ccc(Br)cc1. The smallest absolute Gasteiger partial charge is 0.323 e. The van der Waals surface area contributed by atoms with Crippen molar-refractivity contribution in [1.82, 2.24) is 0 Å². The van der Waals surface area contributed by atoms with E-state index in [1.807, 2.05) is 30.3 Å². The predicted molar refractivity (Wildman–Crippen MR) is 59.0 cm³/mol. The molecule has 1 rings (SSSR count). The first-order valence-corrected chi connectivity index (χ1v) is 5.18. The Morgan fingerprint density at radius 3 is 2.60 bits per heavy atom. The van der Waals surface area contributed by atoms with Crippen molar-refractivity contribution >= 4 is 21.9 Å². The number of benzene rings is 1. The summed E-state index contributed by atoms with van der Waals surface area (Å²) in [7, 11) is 1.29. The molecule has 0 saturated heterocycles. The van der Waals surface area contributed by atoms with Gasteiger partial charge in [0.05, 0.1) is 13.2 Å². The van der Waals surface area contributed by atoms with Gasteiger partial charge in [0.15, 0.2) is 0 Å². The lowest BCUT2D eigenvalue weighted by Gasteiger charge is -2.06. The standard InChI is InChI=1S/C11H10BrNO2/c1-15-11(14)9(7-13)6-8-2-4-10(12)5-3-8/h2-5,9H,6H2,1H3. The molecule has 1 aromatic rings. The van der Waals surface area contributed by atoms with Crippen molar-refractivity contribution in [3.8, 4) is 6.07 Å². The number of nitriles is 1. The Morgan fingerprint density at radius 1 is 1.53 bits per heavy atom. The topological polar surface area (TPSA) is 50.1 Å². The number of hydrogen-bond donors (Lipinski definition) is 0. The molecule has 4 heteroatoms. The number of rotatable bonds is 3. The lowest BCUT2D eigenvalue weighted by atomic mass is 10.0. The molecule has 0 aliphatic rings. The van der Waals surface area contributed by atoms with Gasteiger partial charge in [-0.25, -0.2) is 0 Å². The normalized spacial score (nSPS) is 11.5. The molecule has 0 radical (unpaired) electrons. The average molecular weight is 268 g/mol. The third-order valence-corrected chi connectivity index (χ3v) is 2.52. The van der Waals surface area contributed by atoms with Gasteiger partial charge < -0.3 is 4.74 Å². The lowest BCUT2D eigenvalue weighted by molar-refractivity contribution is -0.143. The average Bonchev–Trinajstić information content (AvgIpc) is 2.27. The first-order chi connectivity index (χ1) is 7.17. The van der Waals surface area contributed by atoms with Crippen molar-refractivity contribution in [2.75, 3.05) is 7.11 Å². The first kappa shape index (κ1) is 11.7. The van der Waals surface area contributed by atoms with Crippen LogP contribution in [0.3, 0.4) is 0 Å². The Balaban J connectivity index is 2.72. The number of methoxy groups -OCH3 is 1. The molecule has 0 aliphatic carbocycles. The fraction of sp³-hybridized carbons (Fsp3) is 0.273. The second-order valence-electron chi connectivity index (χ2n) is 3.04. The lowest BCUT2D eigenvalue weighted by Crippen LogP contribution is -2.16. The van der Waals surface area contributed by atoms with E-state index in [9.17, 15) is 4.79 Å². The van der Waals surface area contributed by atoms with Crippen LogP contribution >= 0.6 is 15.9 Å². The zero-order valence-electron chi connectivity index (χ0n) is 8.24. The monoisotopic (exact) mass is 267 g/mol. The van der Waals surface area contributed by atoms with Crippen LogP contribution in [-0.2, 0) is 16.0 Å². The molecule has 0 aromatic heterocycles. The van der Waals surface area contributed by atoms with Gasteiger partial charge in [-0.1, -0.05) is 28.1 Å². The van der Waals surface area contributed by atoms with Crippen LogP contribution in [0.5, 0.6) is 0 Å². The maximum absolute atomic E-state index is 11.2. The van der Waals surface area contributed by atoms with E-state index in [2.05, 4.69) is 20.7 Å². The van der Waals surface area contributed by atoms with Crippen LogP contribution in [0.4, 0.5) is 0 Å². The summed E-state index contributed by atoms with van der Waals surface area (Å²) in [6.45, 7) is 0. The molecule has 0 bridgehead atoms. The van der Waals surface area contributed by atoms with Gasteiger partial charge in [0.25, 0.3) is 0 Å². The van der Waals surface area contributed by atoms with E-state index in [0.29, 0.717) is 6.42 Å². The molecule has 78 valence electrons. The molecule has 15 heavy (non-hydrogen) atoms. The minimum Gasteiger partial charge on any atom is -0.468 e. The zero-order chi connectivity index (χ0) is 11.3. The van der Waals surface area contributed by atoms with E-state index < -0.39 is 11.9 Å². The molecule has 1 atom stereocenters. The van der Waals surface area contributed by atoms with Gasteiger partial charge in [-0.05, 0) is 24.1 Å². The van der Waals surface area contributed by atoms with E-state index in [0.717, 1.165) is 10.0 Å². The molecule has 0 aliphatic heterocycles. The minimum atomic E-state index is -0.726. The molecule has 0 saturated carbocycles. The fourth-order valence-corrected chi connectivity index (χ4v) is 1.44. The largest absolute Gasteiger partial charge is 0.468 e. The molecule has 1 unspecified atom stereocenters. The third-order valence-electron chi connectivity index (χ3n) is 1.99. The molecule has 1 aromatic carbocycles. The summed E-state index contributed by atoms with van der Waals surface area (Å²) in [5, 5.41) is 8.78. The Hall–Kier alpha value is -1.34. The summed E-state index contributed by atoms with van der Waals surface area (Å²) < 4.78 is 5.50. The van der Waals surface area contributed by atoms with Crippen molar-refractivity contribution in [2.45, 2.75) is 6.42 Å². The van der Waals surface area contributed by atoms with E-state index in [1.54, 1.807) is 0 Å². The van der Waals surface area contributed by atoms with Crippen LogP contribution in [0.15, 0.2) is 28.7 Å². The van der Waals surface area contributed by atoms with Crippen molar-refractivity contribution in [1.29, 1.82) is 5.26 Å². The van der Waals surface area contributed by atoms with Crippen LogP contribution in [0.25, 0.3) is 0 Å². The van der Waals surface area contributed by atoms with E-state index >= 15 is 0 Å². The Morgan fingerprint density at radius 2 is 2.13 bits per heavy atom. The summed E-state index contributed by atoms with van der Waals surface area (Å²) in [6.07, 6.45) is 0.385. The van der Waals surface area contributed by atoms with E-state index in [4.69, 9.17) is 5.26 Å². The molecular weight excluding hydrogens is 258 g/mol. The number of carbonyl (C=O) groups excluding carboxylic acids is 1. The number of carbonyl (C=O) groups is 1. The zero-order valence-corrected chi connectivity index (χ0v) is 9.82. The van der Waals surface area contributed by atoms with Gasteiger partial charge in [-0.3, -0.25) is 4.79 Å². The summed E-state index contributed by atoms with van der Waals surface area (Å²) in [4.78, 5) is 11.2. The predicted octanol–water partition coefficient (Wildman–Crippen LogP) is 2.30. The number of halogens is 1. The van der Waals surface area contributed by atoms with Crippen LogP contribution in [0, 0.1) is 17.2 Å². The number of esters is 1. The molecule has 0 fully saturated rings. The van der Waals surface area contributed by atoms with Crippen molar-refractivity contribution in [2.24, 2.45) is 5.92 Å². The van der Waals surface area contributed by atoms with Crippen LogP contribution in [0.1, 0.15) is 5.56 Å². The summed E-state index contributed by atoms with van der Waals surface area (Å²) in [6, 6.07) is 9.43. The summed E-state index contributed by atoms with van der Waals surface area (Å²) >= 11 is 3.31. The van der Waals surface area contributed by atoms with Gasteiger partial charge in [0, 0.05) is 4.47 Å². The highest BCUT2D eigenvalue weighted by Gasteiger charge is 2.18. The number of ether oxygens (including phenoxy) is 1. The van der Waals surface area contributed by atoms with Crippen molar-refractivity contribution in [3.05, 3.63) is 34.3 Å². The Kier molecular flexibility index (Phi) is 4.32. The maximum Gasteiger partial charge on any atom is 0.323 e.